The molecule has 0 aromatic heterocycles. The summed E-state index contributed by atoms with van der Waals surface area (Å²) in [6.45, 7) is 7.66. The summed E-state index contributed by atoms with van der Waals surface area (Å²) in [5.74, 6) is 1.08. The van der Waals surface area contributed by atoms with Gasteiger partial charge in [-0.05, 0) is 37.0 Å². The van der Waals surface area contributed by atoms with Crippen molar-refractivity contribution >= 4 is 0 Å². The molecule has 0 amide bonds. The highest BCUT2D eigenvalue weighted by molar-refractivity contribution is 5.40. The minimum absolute atomic E-state index is 0.470. The molecule has 1 heterocycles. The summed E-state index contributed by atoms with van der Waals surface area (Å²) in [5, 5.41) is 3.77. The lowest BCUT2D eigenvalue weighted by molar-refractivity contribution is 0.356. The van der Waals surface area contributed by atoms with Gasteiger partial charge in [0.05, 0.1) is 6.61 Å². The van der Waals surface area contributed by atoms with E-state index in [2.05, 4.69) is 44.3 Å². The second-order valence-corrected chi connectivity index (χ2v) is 5.64. The first-order valence-corrected chi connectivity index (χ1v) is 7.76. The maximum absolute atomic E-state index is 5.58. The first-order valence-electron chi connectivity index (χ1n) is 7.76. The number of rotatable bonds is 7. The zero-order valence-electron chi connectivity index (χ0n) is 12.5. The van der Waals surface area contributed by atoms with Gasteiger partial charge in [0, 0.05) is 18.5 Å². The van der Waals surface area contributed by atoms with Crippen molar-refractivity contribution in [2.75, 3.05) is 6.61 Å². The molecule has 2 atom stereocenters. The first kappa shape index (κ1) is 14.4. The molecule has 0 saturated carbocycles. The molecular formula is C17H27NO. The van der Waals surface area contributed by atoms with Gasteiger partial charge in [-0.25, -0.2) is 0 Å². The van der Waals surface area contributed by atoms with E-state index in [0.717, 1.165) is 25.2 Å². The lowest BCUT2D eigenvalue weighted by Gasteiger charge is -2.23. The van der Waals surface area contributed by atoms with Gasteiger partial charge in [0.25, 0.3) is 0 Å². The van der Waals surface area contributed by atoms with Gasteiger partial charge in [-0.1, -0.05) is 38.8 Å². The van der Waals surface area contributed by atoms with Crippen molar-refractivity contribution in [1.29, 1.82) is 0 Å². The van der Waals surface area contributed by atoms with E-state index in [1.807, 2.05) is 0 Å². The Bertz CT molecular complexity index is 402. The van der Waals surface area contributed by atoms with Crippen LogP contribution in [0.3, 0.4) is 0 Å². The van der Waals surface area contributed by atoms with Crippen LogP contribution in [-0.2, 0) is 6.42 Å². The summed E-state index contributed by atoms with van der Waals surface area (Å²) < 4.78 is 5.58. The number of hydrogen-bond donors (Lipinski definition) is 1. The van der Waals surface area contributed by atoms with E-state index in [0.29, 0.717) is 12.1 Å². The number of ether oxygens (including phenoxy) is 1. The summed E-state index contributed by atoms with van der Waals surface area (Å²) in [6, 6.07) is 7.75. The minimum Gasteiger partial charge on any atom is -0.493 e. The zero-order chi connectivity index (χ0) is 13.7. The van der Waals surface area contributed by atoms with Crippen molar-refractivity contribution in [3.05, 3.63) is 29.3 Å². The average molecular weight is 261 g/mol. The fourth-order valence-electron chi connectivity index (χ4n) is 2.81. The lowest BCUT2D eigenvalue weighted by atomic mass is 9.99. The van der Waals surface area contributed by atoms with Gasteiger partial charge in [-0.2, -0.15) is 0 Å². The van der Waals surface area contributed by atoms with Gasteiger partial charge in [0.1, 0.15) is 5.75 Å². The van der Waals surface area contributed by atoms with Crippen molar-refractivity contribution in [2.45, 2.75) is 65.0 Å². The Morgan fingerprint density at radius 2 is 2.16 bits per heavy atom. The molecule has 1 aliphatic rings. The molecule has 0 radical (unpaired) electrons. The van der Waals surface area contributed by atoms with Gasteiger partial charge in [0.15, 0.2) is 0 Å². The van der Waals surface area contributed by atoms with Crippen molar-refractivity contribution < 1.29 is 4.74 Å². The molecule has 1 aromatic carbocycles. The van der Waals surface area contributed by atoms with E-state index >= 15 is 0 Å². The summed E-state index contributed by atoms with van der Waals surface area (Å²) in [5.41, 5.74) is 2.79. The molecule has 0 saturated heterocycles. The third kappa shape index (κ3) is 3.73. The number of unbranched alkanes of at least 4 members (excludes halogenated alkanes) is 1. The van der Waals surface area contributed by atoms with Crippen molar-refractivity contribution in [3.8, 4) is 5.75 Å². The van der Waals surface area contributed by atoms with Crippen LogP contribution in [0, 0.1) is 0 Å². The van der Waals surface area contributed by atoms with Crippen LogP contribution in [0.25, 0.3) is 0 Å². The van der Waals surface area contributed by atoms with E-state index in [1.54, 1.807) is 0 Å². The van der Waals surface area contributed by atoms with Gasteiger partial charge < -0.3 is 10.1 Å². The number of benzene rings is 1. The Hall–Kier alpha value is -1.02. The molecule has 0 spiro atoms. The largest absolute Gasteiger partial charge is 0.493 e. The molecule has 1 aliphatic heterocycles. The predicted octanol–water partition coefficient (Wildman–Crippen LogP) is 4.24. The van der Waals surface area contributed by atoms with Gasteiger partial charge in [-0.15, -0.1) is 0 Å². The molecule has 19 heavy (non-hydrogen) atoms. The highest BCUT2D eigenvalue weighted by Crippen LogP contribution is 2.29. The molecule has 0 fully saturated rings. The Kier molecular flexibility index (Phi) is 5.26. The zero-order valence-corrected chi connectivity index (χ0v) is 12.5. The monoisotopic (exact) mass is 261 g/mol. The SMILES string of the molecule is CCCCC(C)NC(CC)c1ccc2c(c1)CCO2. The maximum atomic E-state index is 5.58. The molecule has 106 valence electrons. The molecule has 2 unspecified atom stereocenters. The molecule has 0 aliphatic carbocycles. The van der Waals surface area contributed by atoms with Crippen LogP contribution in [0.15, 0.2) is 18.2 Å². The second kappa shape index (κ2) is 6.95. The molecule has 1 N–H and O–H groups in total. The van der Waals surface area contributed by atoms with Crippen LogP contribution in [0.1, 0.15) is 63.6 Å². The Morgan fingerprint density at radius 3 is 2.89 bits per heavy atom. The van der Waals surface area contributed by atoms with Crippen LogP contribution in [0.4, 0.5) is 0 Å². The second-order valence-electron chi connectivity index (χ2n) is 5.64. The smallest absolute Gasteiger partial charge is 0.122 e. The highest BCUT2D eigenvalue weighted by atomic mass is 16.5. The first-order chi connectivity index (χ1) is 9.24. The van der Waals surface area contributed by atoms with Crippen molar-refractivity contribution in [1.82, 2.24) is 5.32 Å². The van der Waals surface area contributed by atoms with E-state index in [9.17, 15) is 0 Å². The minimum atomic E-state index is 0.470. The number of fused-ring (bicyclic) bond motifs is 1. The van der Waals surface area contributed by atoms with Crippen molar-refractivity contribution in [2.24, 2.45) is 0 Å². The lowest BCUT2D eigenvalue weighted by Crippen LogP contribution is -2.30. The fraction of sp³-hybridized carbons (Fsp3) is 0.647. The third-order valence-electron chi connectivity index (χ3n) is 4.00. The van der Waals surface area contributed by atoms with E-state index in [1.165, 1.54) is 30.4 Å². The third-order valence-corrected chi connectivity index (χ3v) is 4.00. The standard InChI is InChI=1S/C17H27NO/c1-4-6-7-13(3)18-16(5-2)14-8-9-17-15(12-14)10-11-19-17/h8-9,12-13,16,18H,4-7,10-11H2,1-3H3. The van der Waals surface area contributed by atoms with Crippen molar-refractivity contribution in [3.63, 3.8) is 0 Å². The Morgan fingerprint density at radius 1 is 1.32 bits per heavy atom. The predicted molar refractivity (Wildman–Crippen MR) is 80.8 cm³/mol. The van der Waals surface area contributed by atoms with Crippen LogP contribution in [-0.4, -0.2) is 12.6 Å². The molecule has 2 nitrogen and oxygen atoms in total. The van der Waals surface area contributed by atoms with Gasteiger partial charge >= 0.3 is 0 Å². The number of hydrogen-bond acceptors (Lipinski definition) is 2. The summed E-state index contributed by atoms with van der Waals surface area (Å²) in [4.78, 5) is 0. The average Bonchev–Trinajstić information content (AvgIpc) is 2.89. The van der Waals surface area contributed by atoms with E-state index < -0.39 is 0 Å². The van der Waals surface area contributed by atoms with E-state index in [-0.39, 0.29) is 0 Å². The molecular weight excluding hydrogens is 234 g/mol. The molecule has 1 aromatic rings. The normalized spacial score (nSPS) is 16.8. The van der Waals surface area contributed by atoms with Gasteiger partial charge in [-0.3, -0.25) is 0 Å². The number of nitrogens with one attached hydrogen (secondary N) is 1. The van der Waals surface area contributed by atoms with Crippen LogP contribution in [0.2, 0.25) is 0 Å². The van der Waals surface area contributed by atoms with Crippen LogP contribution >= 0.6 is 0 Å². The maximum Gasteiger partial charge on any atom is 0.122 e. The quantitative estimate of drug-likeness (QED) is 0.792. The van der Waals surface area contributed by atoms with Crippen LogP contribution in [0.5, 0.6) is 5.75 Å². The topological polar surface area (TPSA) is 21.3 Å². The Labute approximate surface area is 117 Å². The van der Waals surface area contributed by atoms with Crippen LogP contribution < -0.4 is 10.1 Å². The van der Waals surface area contributed by atoms with Gasteiger partial charge in [0.2, 0.25) is 0 Å². The summed E-state index contributed by atoms with van der Waals surface area (Å²) in [6.07, 6.45) is 6.05. The summed E-state index contributed by atoms with van der Waals surface area (Å²) in [7, 11) is 0. The Balaban J connectivity index is 2.00. The molecule has 0 bridgehead atoms. The van der Waals surface area contributed by atoms with E-state index in [4.69, 9.17) is 4.74 Å². The highest BCUT2D eigenvalue weighted by Gasteiger charge is 2.17. The summed E-state index contributed by atoms with van der Waals surface area (Å²) >= 11 is 0. The molecule has 2 heteroatoms. The fourth-order valence-corrected chi connectivity index (χ4v) is 2.81. The molecule has 2 rings (SSSR count).